The van der Waals surface area contributed by atoms with Crippen LogP contribution in [-0.4, -0.2) is 10.2 Å². The molecule has 0 saturated carbocycles. The van der Waals surface area contributed by atoms with E-state index in [-0.39, 0.29) is 23.0 Å². The summed E-state index contributed by atoms with van der Waals surface area (Å²) in [6.07, 6.45) is 0. The minimum atomic E-state index is -0.0218. The number of hydrogen-bond acceptors (Lipinski definition) is 3. The van der Waals surface area contributed by atoms with E-state index in [2.05, 4.69) is 38.2 Å². The highest BCUT2D eigenvalue weighted by molar-refractivity contribution is 5.55. The van der Waals surface area contributed by atoms with Gasteiger partial charge in [-0.1, -0.05) is 39.0 Å². The second-order valence-electron chi connectivity index (χ2n) is 6.44. The van der Waals surface area contributed by atoms with Crippen LogP contribution in [0.25, 0.3) is 0 Å². The first kappa shape index (κ1) is 15.2. The summed E-state index contributed by atoms with van der Waals surface area (Å²) in [5, 5.41) is 22.7. The smallest absolute Gasteiger partial charge is 0.119 e. The number of benzene rings is 2. The van der Waals surface area contributed by atoms with Gasteiger partial charge in [-0.25, -0.2) is 0 Å². The maximum absolute atomic E-state index is 9.60. The van der Waals surface area contributed by atoms with Crippen LogP contribution in [0.15, 0.2) is 42.5 Å². The lowest BCUT2D eigenvalue weighted by atomic mass is 9.85. The molecule has 2 rings (SSSR count). The Bertz CT molecular complexity index is 609. The zero-order valence-corrected chi connectivity index (χ0v) is 13.0. The van der Waals surface area contributed by atoms with Gasteiger partial charge in [-0.3, -0.25) is 0 Å². The molecular weight excluding hydrogens is 262 g/mol. The molecule has 0 aliphatic rings. The number of anilines is 1. The summed E-state index contributed by atoms with van der Waals surface area (Å²) in [4.78, 5) is 0. The third kappa shape index (κ3) is 3.69. The highest BCUT2D eigenvalue weighted by Gasteiger charge is 2.18. The fourth-order valence-corrected chi connectivity index (χ4v) is 2.45. The third-order valence-electron chi connectivity index (χ3n) is 3.53. The van der Waals surface area contributed by atoms with Crippen LogP contribution in [0.2, 0.25) is 0 Å². The van der Waals surface area contributed by atoms with E-state index in [1.165, 1.54) is 11.6 Å². The highest BCUT2D eigenvalue weighted by atomic mass is 16.3. The zero-order valence-electron chi connectivity index (χ0n) is 13.0. The van der Waals surface area contributed by atoms with Crippen LogP contribution in [0.4, 0.5) is 5.69 Å². The topological polar surface area (TPSA) is 52.5 Å². The second kappa shape index (κ2) is 5.68. The molecule has 112 valence electrons. The summed E-state index contributed by atoms with van der Waals surface area (Å²) in [5.41, 5.74) is 3.20. The minimum absolute atomic E-state index is 0.0218. The number of phenols is 2. The van der Waals surface area contributed by atoms with Crippen molar-refractivity contribution < 1.29 is 10.2 Å². The predicted octanol–water partition coefficient (Wildman–Crippen LogP) is 4.57. The average Bonchev–Trinajstić information content (AvgIpc) is 2.37. The van der Waals surface area contributed by atoms with Crippen molar-refractivity contribution in [3.8, 4) is 11.5 Å². The van der Waals surface area contributed by atoms with Crippen LogP contribution in [0, 0.1) is 0 Å². The lowest BCUT2D eigenvalue weighted by molar-refractivity contribution is 0.448. The molecule has 0 radical (unpaired) electrons. The van der Waals surface area contributed by atoms with Crippen molar-refractivity contribution in [2.75, 3.05) is 5.32 Å². The molecule has 3 heteroatoms. The Labute approximate surface area is 126 Å². The zero-order chi connectivity index (χ0) is 15.6. The SMILES string of the molecule is CC(Nc1ccccc1C(C)(C)C)c1cc(O)cc(O)c1. The van der Waals surface area contributed by atoms with E-state index in [1.54, 1.807) is 12.1 Å². The number of nitrogens with one attached hydrogen (secondary N) is 1. The highest BCUT2D eigenvalue weighted by Crippen LogP contribution is 2.32. The molecule has 0 aliphatic carbocycles. The maximum Gasteiger partial charge on any atom is 0.119 e. The van der Waals surface area contributed by atoms with Gasteiger partial charge in [0.2, 0.25) is 0 Å². The van der Waals surface area contributed by atoms with Gasteiger partial charge in [0.15, 0.2) is 0 Å². The lowest BCUT2D eigenvalue weighted by Crippen LogP contribution is -2.16. The second-order valence-corrected chi connectivity index (χ2v) is 6.44. The van der Waals surface area contributed by atoms with Crippen molar-refractivity contribution in [3.05, 3.63) is 53.6 Å². The van der Waals surface area contributed by atoms with E-state index in [4.69, 9.17) is 0 Å². The van der Waals surface area contributed by atoms with E-state index in [9.17, 15) is 10.2 Å². The number of hydrogen-bond donors (Lipinski definition) is 3. The van der Waals surface area contributed by atoms with Crippen molar-refractivity contribution in [1.82, 2.24) is 0 Å². The van der Waals surface area contributed by atoms with Crippen molar-refractivity contribution in [3.63, 3.8) is 0 Å². The fourth-order valence-electron chi connectivity index (χ4n) is 2.45. The van der Waals surface area contributed by atoms with E-state index in [0.717, 1.165) is 11.3 Å². The van der Waals surface area contributed by atoms with Gasteiger partial charge in [0.05, 0.1) is 0 Å². The van der Waals surface area contributed by atoms with Crippen LogP contribution < -0.4 is 5.32 Å². The molecule has 0 saturated heterocycles. The van der Waals surface area contributed by atoms with Gasteiger partial charge < -0.3 is 15.5 Å². The molecule has 1 unspecified atom stereocenters. The first-order valence-corrected chi connectivity index (χ1v) is 7.16. The molecule has 21 heavy (non-hydrogen) atoms. The number of aromatic hydroxyl groups is 2. The largest absolute Gasteiger partial charge is 0.508 e. The number of rotatable bonds is 3. The number of phenolic OH excluding ortho intramolecular Hbond substituents is 2. The summed E-state index contributed by atoms with van der Waals surface area (Å²) in [7, 11) is 0. The molecule has 0 heterocycles. The predicted molar refractivity (Wildman–Crippen MR) is 87.0 cm³/mol. The molecule has 1 atom stereocenters. The number of para-hydroxylation sites is 1. The molecular formula is C18H23NO2. The van der Waals surface area contributed by atoms with E-state index in [1.807, 2.05) is 19.1 Å². The van der Waals surface area contributed by atoms with Crippen LogP contribution in [0.5, 0.6) is 11.5 Å². The van der Waals surface area contributed by atoms with E-state index < -0.39 is 0 Å². The van der Waals surface area contributed by atoms with Crippen molar-refractivity contribution >= 4 is 5.69 Å². The summed E-state index contributed by atoms with van der Waals surface area (Å²) in [6.45, 7) is 8.54. The van der Waals surface area contributed by atoms with Crippen LogP contribution in [0.3, 0.4) is 0 Å². The molecule has 2 aromatic carbocycles. The summed E-state index contributed by atoms with van der Waals surface area (Å²) < 4.78 is 0. The lowest BCUT2D eigenvalue weighted by Gasteiger charge is -2.26. The molecule has 0 spiro atoms. The Hall–Kier alpha value is -2.16. The molecule has 0 fully saturated rings. The fraction of sp³-hybridized carbons (Fsp3) is 0.333. The first-order chi connectivity index (χ1) is 9.77. The van der Waals surface area contributed by atoms with E-state index >= 15 is 0 Å². The molecule has 3 N–H and O–H groups in total. The Balaban J connectivity index is 2.30. The third-order valence-corrected chi connectivity index (χ3v) is 3.53. The summed E-state index contributed by atoms with van der Waals surface area (Å²) in [5.74, 6) is 0.144. The average molecular weight is 285 g/mol. The molecule has 3 nitrogen and oxygen atoms in total. The van der Waals surface area contributed by atoms with Crippen LogP contribution in [-0.2, 0) is 5.41 Å². The Morgan fingerprint density at radius 3 is 2.10 bits per heavy atom. The van der Waals surface area contributed by atoms with Gasteiger partial charge in [0.1, 0.15) is 11.5 Å². The van der Waals surface area contributed by atoms with Gasteiger partial charge in [-0.05, 0) is 41.7 Å². The molecule has 0 bridgehead atoms. The van der Waals surface area contributed by atoms with Gasteiger partial charge in [0, 0.05) is 17.8 Å². The van der Waals surface area contributed by atoms with Gasteiger partial charge in [-0.15, -0.1) is 0 Å². The molecule has 0 amide bonds. The van der Waals surface area contributed by atoms with Crippen molar-refractivity contribution in [2.24, 2.45) is 0 Å². The molecule has 0 aromatic heterocycles. The van der Waals surface area contributed by atoms with E-state index in [0.29, 0.717) is 0 Å². The maximum atomic E-state index is 9.60. The Morgan fingerprint density at radius 2 is 1.52 bits per heavy atom. The summed E-state index contributed by atoms with van der Waals surface area (Å²) >= 11 is 0. The quantitative estimate of drug-likeness (QED) is 0.774. The Kier molecular flexibility index (Phi) is 4.12. The van der Waals surface area contributed by atoms with Gasteiger partial charge in [0.25, 0.3) is 0 Å². The first-order valence-electron chi connectivity index (χ1n) is 7.16. The Morgan fingerprint density at radius 1 is 0.952 bits per heavy atom. The van der Waals surface area contributed by atoms with Gasteiger partial charge in [-0.2, -0.15) is 0 Å². The van der Waals surface area contributed by atoms with Crippen LogP contribution in [0.1, 0.15) is 44.9 Å². The normalized spacial score (nSPS) is 13.0. The minimum Gasteiger partial charge on any atom is -0.508 e. The van der Waals surface area contributed by atoms with Crippen LogP contribution >= 0.6 is 0 Å². The van der Waals surface area contributed by atoms with Crippen molar-refractivity contribution in [1.29, 1.82) is 0 Å². The monoisotopic (exact) mass is 285 g/mol. The molecule has 0 aliphatic heterocycles. The molecule has 2 aromatic rings. The standard InChI is InChI=1S/C18H23NO2/c1-12(13-9-14(20)11-15(21)10-13)19-17-8-6-5-7-16(17)18(2,3)4/h5-12,19-21H,1-4H3. The van der Waals surface area contributed by atoms with Crippen molar-refractivity contribution in [2.45, 2.75) is 39.2 Å². The summed E-state index contributed by atoms with van der Waals surface area (Å²) in [6, 6.07) is 12.9. The van der Waals surface area contributed by atoms with Gasteiger partial charge >= 0.3 is 0 Å².